The highest BCUT2D eigenvalue weighted by molar-refractivity contribution is 5.96. The van der Waals surface area contributed by atoms with Crippen LogP contribution in [0.5, 0.6) is 0 Å². The molecule has 2 aliphatic rings. The minimum Gasteiger partial charge on any atom is -0.388 e. The summed E-state index contributed by atoms with van der Waals surface area (Å²) < 4.78 is 38.5. The maximum absolute atomic E-state index is 12.8. The van der Waals surface area contributed by atoms with Crippen molar-refractivity contribution < 1.29 is 22.8 Å². The average Bonchev–Trinajstić information content (AvgIpc) is 2.84. The number of carbonyl (C=O) groups excluding carboxylic acids is 2. The molecular weight excluding hydrogens is 459 g/mol. The third-order valence-corrected chi connectivity index (χ3v) is 6.91. The van der Waals surface area contributed by atoms with Crippen LogP contribution in [0.3, 0.4) is 0 Å². The van der Waals surface area contributed by atoms with Gasteiger partial charge in [-0.05, 0) is 61.4 Å². The molecule has 0 unspecified atom stereocenters. The Kier molecular flexibility index (Phi) is 7.59. The number of benzene rings is 1. The number of hydrogen-bond acceptors (Lipinski definition) is 5. The minimum atomic E-state index is -4.53. The van der Waals surface area contributed by atoms with Crippen molar-refractivity contribution in [3.8, 4) is 0 Å². The lowest BCUT2D eigenvalue weighted by molar-refractivity contribution is -0.137. The van der Waals surface area contributed by atoms with E-state index in [9.17, 15) is 22.8 Å². The number of nitrogens with zero attached hydrogens (tertiary/aromatic N) is 2. The van der Waals surface area contributed by atoms with Crippen LogP contribution in [0, 0.1) is 0 Å². The standard InChI is InChI=1S/C25H30F3N5O2/c1-29-22-9-10-30-12-21(22)16-5-7-20(8-6-16)33-14-19(15-33)32-23(34)13-31-24(35)17-3-2-4-18(11-17)25(26,27)28/h2-4,9-12,16,19-20H,5-8,13-15H2,1H3,(H,29,30)(H,31,35)(H,32,34). The number of nitrogens with one attached hydrogen (secondary N) is 3. The van der Waals surface area contributed by atoms with Crippen LogP contribution in [-0.2, 0) is 11.0 Å². The molecule has 2 amide bonds. The summed E-state index contributed by atoms with van der Waals surface area (Å²) in [4.78, 5) is 31.0. The van der Waals surface area contributed by atoms with Crippen LogP contribution < -0.4 is 16.0 Å². The fourth-order valence-electron chi connectivity index (χ4n) is 4.99. The van der Waals surface area contributed by atoms with E-state index in [1.54, 1.807) is 6.20 Å². The number of pyridine rings is 1. The molecule has 1 aliphatic heterocycles. The molecule has 0 spiro atoms. The van der Waals surface area contributed by atoms with Gasteiger partial charge in [-0.15, -0.1) is 0 Å². The second-order valence-corrected chi connectivity index (χ2v) is 9.20. The molecule has 4 rings (SSSR count). The SMILES string of the molecule is CNc1ccncc1C1CCC(N2CC(NC(=O)CNC(=O)c3cccc(C(F)(F)F)c3)C2)CC1. The predicted octanol–water partition coefficient (Wildman–Crippen LogP) is 3.40. The Hall–Kier alpha value is -3.14. The summed E-state index contributed by atoms with van der Waals surface area (Å²) in [5.41, 5.74) is 1.37. The lowest BCUT2D eigenvalue weighted by Crippen LogP contribution is -2.63. The lowest BCUT2D eigenvalue weighted by Gasteiger charge is -2.46. The van der Waals surface area contributed by atoms with Crippen molar-refractivity contribution in [1.29, 1.82) is 0 Å². The summed E-state index contributed by atoms with van der Waals surface area (Å²) >= 11 is 0. The third kappa shape index (κ3) is 6.11. The van der Waals surface area contributed by atoms with Gasteiger partial charge in [-0.3, -0.25) is 19.5 Å². The summed E-state index contributed by atoms with van der Waals surface area (Å²) in [6, 6.07) is 6.65. The molecule has 188 valence electrons. The topological polar surface area (TPSA) is 86.4 Å². The lowest BCUT2D eigenvalue weighted by atomic mass is 9.80. The van der Waals surface area contributed by atoms with Gasteiger partial charge in [0.2, 0.25) is 5.91 Å². The zero-order valence-electron chi connectivity index (χ0n) is 19.6. The van der Waals surface area contributed by atoms with E-state index in [0.717, 1.165) is 56.6 Å². The zero-order valence-corrected chi connectivity index (χ0v) is 19.6. The maximum Gasteiger partial charge on any atom is 0.416 e. The molecule has 7 nitrogen and oxygen atoms in total. The molecule has 2 aromatic rings. The van der Waals surface area contributed by atoms with E-state index in [1.807, 2.05) is 19.3 Å². The molecule has 1 saturated heterocycles. The Bertz CT molecular complexity index is 1050. The van der Waals surface area contributed by atoms with Gasteiger partial charge in [0.25, 0.3) is 5.91 Å². The highest BCUT2D eigenvalue weighted by atomic mass is 19.4. The highest BCUT2D eigenvalue weighted by Gasteiger charge is 2.36. The van der Waals surface area contributed by atoms with Crippen molar-refractivity contribution in [2.24, 2.45) is 0 Å². The quantitative estimate of drug-likeness (QED) is 0.555. The van der Waals surface area contributed by atoms with Crippen LogP contribution >= 0.6 is 0 Å². The fourth-order valence-corrected chi connectivity index (χ4v) is 4.99. The molecule has 1 aliphatic carbocycles. The first-order valence-electron chi connectivity index (χ1n) is 11.8. The first-order chi connectivity index (χ1) is 16.7. The van der Waals surface area contributed by atoms with Gasteiger partial charge in [0.1, 0.15) is 0 Å². The van der Waals surface area contributed by atoms with Crippen LogP contribution in [0.15, 0.2) is 42.7 Å². The molecule has 3 N–H and O–H groups in total. The minimum absolute atomic E-state index is 0.0138. The number of amides is 2. The summed E-state index contributed by atoms with van der Waals surface area (Å²) in [5.74, 6) is -0.567. The molecular formula is C25H30F3N5O2. The van der Waals surface area contributed by atoms with Gasteiger partial charge in [0.15, 0.2) is 0 Å². The van der Waals surface area contributed by atoms with Crippen LogP contribution in [0.1, 0.15) is 53.1 Å². The zero-order chi connectivity index (χ0) is 25.0. The largest absolute Gasteiger partial charge is 0.416 e. The van der Waals surface area contributed by atoms with Crippen molar-refractivity contribution in [1.82, 2.24) is 20.5 Å². The Balaban J connectivity index is 1.17. The molecule has 2 heterocycles. The predicted molar refractivity (Wildman–Crippen MR) is 126 cm³/mol. The third-order valence-electron chi connectivity index (χ3n) is 6.91. The smallest absolute Gasteiger partial charge is 0.388 e. The first kappa shape index (κ1) is 25.0. The van der Waals surface area contributed by atoms with Crippen LogP contribution in [-0.4, -0.2) is 60.5 Å². The van der Waals surface area contributed by atoms with E-state index in [1.165, 1.54) is 17.7 Å². The molecule has 35 heavy (non-hydrogen) atoms. The van der Waals surface area contributed by atoms with Crippen molar-refractivity contribution in [2.75, 3.05) is 32.0 Å². The van der Waals surface area contributed by atoms with Gasteiger partial charge in [-0.25, -0.2) is 0 Å². The van der Waals surface area contributed by atoms with Crippen LogP contribution in [0.4, 0.5) is 18.9 Å². The summed E-state index contributed by atoms with van der Waals surface area (Å²) in [6.45, 7) is 1.24. The van der Waals surface area contributed by atoms with Gasteiger partial charge in [0.05, 0.1) is 18.2 Å². The number of aromatic nitrogens is 1. The Morgan fingerprint density at radius 1 is 1.11 bits per heavy atom. The van der Waals surface area contributed by atoms with Gasteiger partial charge < -0.3 is 16.0 Å². The Morgan fingerprint density at radius 3 is 2.54 bits per heavy atom. The van der Waals surface area contributed by atoms with Gasteiger partial charge in [-0.1, -0.05) is 6.07 Å². The number of hydrogen-bond donors (Lipinski definition) is 3. The Morgan fingerprint density at radius 2 is 1.86 bits per heavy atom. The molecule has 0 bridgehead atoms. The van der Waals surface area contributed by atoms with Crippen molar-refractivity contribution in [3.63, 3.8) is 0 Å². The Labute approximate surface area is 202 Å². The van der Waals surface area contributed by atoms with E-state index in [0.29, 0.717) is 12.0 Å². The van der Waals surface area contributed by atoms with E-state index < -0.39 is 17.6 Å². The summed E-state index contributed by atoms with van der Waals surface area (Å²) in [5, 5.41) is 8.52. The second kappa shape index (κ2) is 10.6. The van der Waals surface area contributed by atoms with Gasteiger partial charge >= 0.3 is 6.18 Å². The molecule has 1 aromatic carbocycles. The molecule has 10 heteroatoms. The highest BCUT2D eigenvalue weighted by Crippen LogP contribution is 2.38. The van der Waals surface area contributed by atoms with Crippen LogP contribution in [0.25, 0.3) is 0 Å². The maximum atomic E-state index is 12.8. The summed E-state index contributed by atoms with van der Waals surface area (Å²) in [6.07, 6.45) is 3.61. The normalized spacial score (nSPS) is 21.1. The summed E-state index contributed by atoms with van der Waals surface area (Å²) in [7, 11) is 1.93. The molecule has 2 fully saturated rings. The number of halogens is 3. The van der Waals surface area contributed by atoms with Crippen molar-refractivity contribution in [3.05, 3.63) is 59.4 Å². The first-order valence-corrected chi connectivity index (χ1v) is 11.8. The second-order valence-electron chi connectivity index (χ2n) is 9.20. The monoisotopic (exact) mass is 489 g/mol. The number of rotatable bonds is 7. The molecule has 0 atom stereocenters. The number of anilines is 1. The fraction of sp³-hybridized carbons (Fsp3) is 0.480. The molecule has 0 radical (unpaired) electrons. The number of alkyl halides is 3. The van der Waals surface area contributed by atoms with Gasteiger partial charge in [-0.2, -0.15) is 13.2 Å². The van der Waals surface area contributed by atoms with Crippen molar-refractivity contribution >= 4 is 17.5 Å². The number of likely N-dealkylation sites (tertiary alicyclic amines) is 1. The van der Waals surface area contributed by atoms with Crippen molar-refractivity contribution in [2.45, 2.75) is 49.9 Å². The van der Waals surface area contributed by atoms with E-state index in [4.69, 9.17) is 0 Å². The number of carbonyl (C=O) groups is 2. The van der Waals surface area contributed by atoms with Gasteiger partial charge in [0, 0.05) is 49.8 Å². The van der Waals surface area contributed by atoms with E-state index in [2.05, 4.69) is 25.8 Å². The molecule has 1 aromatic heterocycles. The van der Waals surface area contributed by atoms with E-state index >= 15 is 0 Å². The van der Waals surface area contributed by atoms with Crippen LogP contribution in [0.2, 0.25) is 0 Å². The molecule has 1 saturated carbocycles. The van der Waals surface area contributed by atoms with E-state index in [-0.39, 0.29) is 24.1 Å². The average molecular weight is 490 g/mol.